The van der Waals surface area contributed by atoms with E-state index in [-0.39, 0.29) is 12.1 Å². The third-order valence-corrected chi connectivity index (χ3v) is 4.14. The van der Waals surface area contributed by atoms with E-state index in [0.717, 1.165) is 5.56 Å². The summed E-state index contributed by atoms with van der Waals surface area (Å²) >= 11 is 0. The quantitative estimate of drug-likeness (QED) is 0.521. The van der Waals surface area contributed by atoms with Crippen molar-refractivity contribution in [3.8, 4) is 5.75 Å². The van der Waals surface area contributed by atoms with Crippen molar-refractivity contribution in [1.29, 1.82) is 0 Å². The molecule has 1 aromatic heterocycles. The summed E-state index contributed by atoms with van der Waals surface area (Å²) in [7, 11) is 1.57. The predicted molar refractivity (Wildman–Crippen MR) is 102 cm³/mol. The molecule has 3 aromatic rings. The van der Waals surface area contributed by atoms with Crippen LogP contribution in [0.15, 0.2) is 63.8 Å². The number of methoxy groups -OCH3 is 1. The van der Waals surface area contributed by atoms with Crippen molar-refractivity contribution >= 4 is 22.8 Å². The summed E-state index contributed by atoms with van der Waals surface area (Å²) in [4.78, 5) is 36.5. The Morgan fingerprint density at radius 2 is 1.82 bits per heavy atom. The molecule has 0 saturated carbocycles. The summed E-state index contributed by atoms with van der Waals surface area (Å²) in [6.07, 6.45) is -1.07. The number of ether oxygens (including phenoxy) is 2. The van der Waals surface area contributed by atoms with Gasteiger partial charge in [0.25, 0.3) is 5.91 Å². The molecule has 0 aliphatic rings. The van der Waals surface area contributed by atoms with Crippen LogP contribution in [0.4, 0.5) is 0 Å². The zero-order valence-corrected chi connectivity index (χ0v) is 15.4. The van der Waals surface area contributed by atoms with Gasteiger partial charge in [0.05, 0.1) is 7.11 Å². The summed E-state index contributed by atoms with van der Waals surface area (Å²) in [6.45, 7) is 1.70. The average molecular weight is 381 g/mol. The molecule has 0 bridgehead atoms. The zero-order chi connectivity index (χ0) is 20.1. The van der Waals surface area contributed by atoms with Gasteiger partial charge >= 0.3 is 11.6 Å². The maximum absolute atomic E-state index is 12.3. The molecule has 0 fully saturated rings. The molecule has 1 heterocycles. The Morgan fingerprint density at radius 3 is 2.54 bits per heavy atom. The van der Waals surface area contributed by atoms with Gasteiger partial charge in [-0.1, -0.05) is 30.3 Å². The Hall–Kier alpha value is -3.61. The topological polar surface area (TPSA) is 94.8 Å². The summed E-state index contributed by atoms with van der Waals surface area (Å²) in [5.41, 5.74) is 0.167. The van der Waals surface area contributed by atoms with Crippen LogP contribution in [-0.4, -0.2) is 25.1 Å². The second-order valence-electron chi connectivity index (χ2n) is 6.10. The van der Waals surface area contributed by atoms with Gasteiger partial charge in [0.15, 0.2) is 6.10 Å². The van der Waals surface area contributed by atoms with Crippen LogP contribution in [0.2, 0.25) is 0 Å². The molecule has 7 nitrogen and oxygen atoms in total. The first kappa shape index (κ1) is 19.2. The van der Waals surface area contributed by atoms with Gasteiger partial charge in [-0.15, -0.1) is 0 Å². The van der Waals surface area contributed by atoms with E-state index < -0.39 is 23.6 Å². The zero-order valence-electron chi connectivity index (χ0n) is 15.4. The Labute approximate surface area is 160 Å². The van der Waals surface area contributed by atoms with Gasteiger partial charge in [-0.25, -0.2) is 9.59 Å². The molecule has 1 N–H and O–H groups in total. The van der Waals surface area contributed by atoms with Crippen LogP contribution in [0.3, 0.4) is 0 Å². The van der Waals surface area contributed by atoms with E-state index in [4.69, 9.17) is 13.9 Å². The first-order valence-electron chi connectivity index (χ1n) is 8.62. The van der Waals surface area contributed by atoms with Crippen LogP contribution in [0.5, 0.6) is 5.75 Å². The number of amides is 1. The van der Waals surface area contributed by atoms with Gasteiger partial charge in [-0.2, -0.15) is 0 Å². The molecule has 3 rings (SSSR count). The fraction of sp³-hybridized carbons (Fsp3) is 0.190. The second-order valence-corrected chi connectivity index (χ2v) is 6.10. The number of esters is 1. The van der Waals surface area contributed by atoms with Crippen LogP contribution in [0.1, 0.15) is 22.8 Å². The van der Waals surface area contributed by atoms with Crippen molar-refractivity contribution in [2.75, 3.05) is 7.11 Å². The minimum Gasteiger partial charge on any atom is -0.497 e. The Bertz CT molecular complexity index is 1050. The van der Waals surface area contributed by atoms with Crippen LogP contribution in [0, 0.1) is 0 Å². The fourth-order valence-electron chi connectivity index (χ4n) is 2.56. The molecule has 1 amide bonds. The van der Waals surface area contributed by atoms with E-state index in [2.05, 4.69) is 5.32 Å². The third-order valence-electron chi connectivity index (χ3n) is 4.14. The van der Waals surface area contributed by atoms with Gasteiger partial charge in [-0.05, 0) is 36.8 Å². The smallest absolute Gasteiger partial charge is 0.351 e. The highest BCUT2D eigenvalue weighted by atomic mass is 16.5. The lowest BCUT2D eigenvalue weighted by molar-refractivity contribution is -0.129. The van der Waals surface area contributed by atoms with Crippen molar-refractivity contribution < 1.29 is 23.5 Å². The highest BCUT2D eigenvalue weighted by molar-refractivity contribution is 5.94. The van der Waals surface area contributed by atoms with Gasteiger partial charge in [0.1, 0.15) is 16.9 Å². The van der Waals surface area contributed by atoms with Crippen LogP contribution in [0.25, 0.3) is 11.0 Å². The normalized spacial score (nSPS) is 11.6. The molecule has 1 atom stereocenters. The molecule has 0 spiro atoms. The summed E-state index contributed by atoms with van der Waals surface area (Å²) in [6, 6.07) is 15.4. The van der Waals surface area contributed by atoms with E-state index in [1.54, 1.807) is 43.5 Å². The predicted octanol–water partition coefficient (Wildman–Crippen LogP) is 2.66. The van der Waals surface area contributed by atoms with Crippen molar-refractivity contribution in [3.63, 3.8) is 0 Å². The average Bonchev–Trinajstić information content (AvgIpc) is 2.71. The number of benzene rings is 2. The molecular weight excluding hydrogens is 362 g/mol. The molecule has 0 unspecified atom stereocenters. The maximum atomic E-state index is 12.3. The lowest BCUT2D eigenvalue weighted by Crippen LogP contribution is -2.36. The van der Waals surface area contributed by atoms with Gasteiger partial charge < -0.3 is 19.2 Å². The SMILES string of the molecule is COc1ccc(CNC(=O)[C@@H](C)OC(=O)c2cc3ccccc3oc2=O)cc1. The number of hydrogen-bond donors (Lipinski definition) is 1. The van der Waals surface area contributed by atoms with E-state index in [1.165, 1.54) is 13.0 Å². The third kappa shape index (κ3) is 4.37. The molecule has 7 heteroatoms. The summed E-state index contributed by atoms with van der Waals surface area (Å²) < 4.78 is 15.3. The first-order valence-corrected chi connectivity index (χ1v) is 8.62. The number of fused-ring (bicyclic) bond motifs is 1. The Kier molecular flexibility index (Phi) is 5.74. The van der Waals surface area contributed by atoms with Crippen LogP contribution >= 0.6 is 0 Å². The number of carbonyl (C=O) groups excluding carboxylic acids is 2. The second kappa shape index (κ2) is 8.39. The largest absolute Gasteiger partial charge is 0.497 e. The number of rotatable bonds is 6. The van der Waals surface area contributed by atoms with E-state index in [1.807, 2.05) is 12.1 Å². The molecule has 144 valence electrons. The monoisotopic (exact) mass is 381 g/mol. The molecule has 0 aliphatic heterocycles. The van der Waals surface area contributed by atoms with E-state index >= 15 is 0 Å². The van der Waals surface area contributed by atoms with Gasteiger partial charge in [-0.3, -0.25) is 4.79 Å². The number of hydrogen-bond acceptors (Lipinski definition) is 6. The lowest BCUT2D eigenvalue weighted by atomic mass is 10.2. The summed E-state index contributed by atoms with van der Waals surface area (Å²) in [5, 5.41) is 3.27. The highest BCUT2D eigenvalue weighted by Crippen LogP contribution is 2.14. The number of nitrogens with one attached hydrogen (secondary N) is 1. The highest BCUT2D eigenvalue weighted by Gasteiger charge is 2.22. The molecule has 0 radical (unpaired) electrons. The van der Waals surface area contributed by atoms with E-state index in [0.29, 0.717) is 16.7 Å². The molecule has 2 aromatic carbocycles. The molecule has 28 heavy (non-hydrogen) atoms. The Balaban J connectivity index is 1.62. The number of para-hydroxylation sites is 1. The first-order chi connectivity index (χ1) is 13.5. The van der Waals surface area contributed by atoms with Crippen molar-refractivity contribution in [2.45, 2.75) is 19.6 Å². The molecular formula is C21H19NO6. The van der Waals surface area contributed by atoms with Crippen molar-refractivity contribution in [1.82, 2.24) is 5.32 Å². The van der Waals surface area contributed by atoms with Gasteiger partial charge in [0, 0.05) is 11.9 Å². The van der Waals surface area contributed by atoms with Crippen LogP contribution in [-0.2, 0) is 16.1 Å². The van der Waals surface area contributed by atoms with E-state index in [9.17, 15) is 14.4 Å². The fourth-order valence-corrected chi connectivity index (χ4v) is 2.56. The standard InChI is InChI=1S/C21H19NO6/c1-13(19(23)22-12-14-7-9-16(26-2)10-8-14)27-20(24)17-11-15-5-3-4-6-18(15)28-21(17)25/h3-11,13H,12H2,1-2H3,(H,22,23)/t13-/m1/s1. The minimum atomic E-state index is -1.07. The maximum Gasteiger partial charge on any atom is 0.351 e. The Morgan fingerprint density at radius 1 is 1.11 bits per heavy atom. The summed E-state index contributed by atoms with van der Waals surface area (Å²) in [5.74, 6) is -0.674. The molecule has 0 saturated heterocycles. The van der Waals surface area contributed by atoms with Crippen molar-refractivity contribution in [3.05, 3.63) is 76.1 Å². The number of carbonyl (C=O) groups is 2. The molecule has 0 aliphatic carbocycles. The minimum absolute atomic E-state index is 0.256. The van der Waals surface area contributed by atoms with Crippen LogP contribution < -0.4 is 15.7 Å². The van der Waals surface area contributed by atoms with Crippen molar-refractivity contribution in [2.24, 2.45) is 0 Å². The lowest BCUT2D eigenvalue weighted by Gasteiger charge is -2.13. The van der Waals surface area contributed by atoms with Gasteiger partial charge in [0.2, 0.25) is 0 Å².